The van der Waals surface area contributed by atoms with Gasteiger partial charge in [-0.3, -0.25) is 4.79 Å². The number of methoxy groups -OCH3 is 1. The Hall–Kier alpha value is -4.73. The summed E-state index contributed by atoms with van der Waals surface area (Å²) in [6.45, 7) is 5.95. The number of benzene rings is 4. The number of hydrogen-bond acceptors (Lipinski definition) is 8. The van der Waals surface area contributed by atoms with E-state index in [1.54, 1.807) is 12.1 Å². The predicted molar refractivity (Wildman–Crippen MR) is 177 cm³/mol. The lowest BCUT2D eigenvalue weighted by Gasteiger charge is -2.15. The number of carbonyl (C=O) groups excluding carboxylic acids is 3. The van der Waals surface area contributed by atoms with E-state index in [4.69, 9.17) is 9.57 Å². The highest BCUT2D eigenvalue weighted by Gasteiger charge is 2.21. The first-order chi connectivity index (χ1) is 21.7. The summed E-state index contributed by atoms with van der Waals surface area (Å²) in [7, 11) is 1.33. The minimum Gasteiger partial charge on any atom is -0.465 e. The van der Waals surface area contributed by atoms with Crippen molar-refractivity contribution in [2.24, 2.45) is 5.16 Å². The van der Waals surface area contributed by atoms with Crippen molar-refractivity contribution in [3.63, 3.8) is 0 Å². The Morgan fingerprint density at radius 2 is 1.58 bits per heavy atom. The standard InChI is InChI=1S/C36H34N2O6S/c1-5-38-31-16-14-24(34(40)26-11-7-6-10-22(26)2)20-28(31)29-21-25(15-17-32(29)38)35(41)30(37-44-23(3)39)18-19-45-33-13-9-8-12-27(33)36(42)43-4/h6-17,20-21,35,41H,5,18-19H2,1-4H3/b37-30+. The molecule has 0 aliphatic rings. The lowest BCUT2D eigenvalue weighted by atomic mass is 9.97. The van der Waals surface area contributed by atoms with E-state index >= 15 is 0 Å². The fourth-order valence-electron chi connectivity index (χ4n) is 5.44. The highest BCUT2D eigenvalue weighted by molar-refractivity contribution is 7.99. The number of oxime groups is 1. The van der Waals surface area contributed by atoms with Crippen LogP contribution in [0.15, 0.2) is 95.0 Å². The third-order valence-electron chi connectivity index (χ3n) is 7.69. The Morgan fingerprint density at radius 3 is 2.27 bits per heavy atom. The lowest BCUT2D eigenvalue weighted by molar-refractivity contribution is -0.141. The average Bonchev–Trinajstić information content (AvgIpc) is 3.37. The number of esters is 1. The van der Waals surface area contributed by atoms with Crippen LogP contribution in [0.5, 0.6) is 0 Å². The largest absolute Gasteiger partial charge is 0.465 e. The fraction of sp³-hybridized carbons (Fsp3) is 0.222. The monoisotopic (exact) mass is 622 g/mol. The zero-order valence-corrected chi connectivity index (χ0v) is 26.4. The van der Waals surface area contributed by atoms with Crippen molar-refractivity contribution in [2.45, 2.75) is 44.7 Å². The Labute approximate surface area is 265 Å². The molecule has 45 heavy (non-hydrogen) atoms. The zero-order chi connectivity index (χ0) is 32.1. The first kappa shape index (κ1) is 31.7. The summed E-state index contributed by atoms with van der Waals surface area (Å²) in [5.41, 5.74) is 5.39. The van der Waals surface area contributed by atoms with E-state index in [1.165, 1.54) is 25.8 Å². The van der Waals surface area contributed by atoms with Crippen LogP contribution in [0.2, 0.25) is 0 Å². The van der Waals surface area contributed by atoms with Crippen molar-refractivity contribution in [3.8, 4) is 0 Å². The van der Waals surface area contributed by atoms with Crippen LogP contribution in [0, 0.1) is 6.92 Å². The van der Waals surface area contributed by atoms with Crippen LogP contribution >= 0.6 is 11.8 Å². The number of ketones is 1. The molecule has 5 aromatic rings. The molecular weight excluding hydrogens is 588 g/mol. The Balaban J connectivity index is 1.48. The van der Waals surface area contributed by atoms with Gasteiger partial charge < -0.3 is 19.2 Å². The maximum absolute atomic E-state index is 13.5. The molecule has 0 aliphatic heterocycles. The lowest BCUT2D eigenvalue weighted by Crippen LogP contribution is -2.15. The van der Waals surface area contributed by atoms with Gasteiger partial charge in [-0.25, -0.2) is 9.59 Å². The predicted octanol–water partition coefficient (Wildman–Crippen LogP) is 7.28. The highest BCUT2D eigenvalue weighted by atomic mass is 32.2. The zero-order valence-electron chi connectivity index (χ0n) is 25.6. The number of ether oxygens (including phenoxy) is 1. The number of aromatic nitrogens is 1. The second-order valence-corrected chi connectivity index (χ2v) is 11.7. The van der Waals surface area contributed by atoms with E-state index < -0.39 is 18.0 Å². The minimum atomic E-state index is -1.16. The third-order valence-corrected chi connectivity index (χ3v) is 8.76. The van der Waals surface area contributed by atoms with Gasteiger partial charge >= 0.3 is 11.9 Å². The van der Waals surface area contributed by atoms with Gasteiger partial charge in [0.15, 0.2) is 5.78 Å². The van der Waals surface area contributed by atoms with Gasteiger partial charge in [-0.1, -0.05) is 47.6 Å². The quantitative estimate of drug-likeness (QED) is 0.0412. The van der Waals surface area contributed by atoms with Gasteiger partial charge in [-0.2, -0.15) is 0 Å². The normalized spacial score (nSPS) is 12.3. The number of hydrogen-bond donors (Lipinski definition) is 1. The third kappa shape index (κ3) is 6.69. The molecule has 1 N–H and O–H groups in total. The molecule has 4 aromatic carbocycles. The number of rotatable bonds is 11. The molecule has 8 nitrogen and oxygen atoms in total. The second-order valence-electron chi connectivity index (χ2n) is 10.6. The topological polar surface area (TPSA) is 107 Å². The van der Waals surface area contributed by atoms with Crippen molar-refractivity contribution in [1.29, 1.82) is 0 Å². The molecule has 0 amide bonds. The first-order valence-electron chi connectivity index (χ1n) is 14.6. The van der Waals surface area contributed by atoms with Crippen LogP contribution in [-0.4, -0.2) is 46.0 Å². The van der Waals surface area contributed by atoms with Crippen molar-refractivity contribution in [2.75, 3.05) is 12.9 Å². The molecular formula is C36H34N2O6S. The summed E-state index contributed by atoms with van der Waals surface area (Å²) in [5, 5.41) is 17.3. The number of aliphatic hydroxyl groups is 1. The van der Waals surface area contributed by atoms with Crippen molar-refractivity contribution >= 4 is 57.0 Å². The Morgan fingerprint density at radius 1 is 0.911 bits per heavy atom. The molecule has 0 saturated carbocycles. The molecule has 5 rings (SSSR count). The average molecular weight is 623 g/mol. The number of carbonyl (C=O) groups is 3. The SMILES string of the molecule is CCn1c2ccc(C(=O)c3ccccc3C)cc2c2cc(C(O)/C(CCSc3ccccc3C(=O)OC)=N/OC(C)=O)ccc21. The molecule has 1 heterocycles. The number of fused-ring (bicyclic) bond motifs is 3. The van der Waals surface area contributed by atoms with Crippen LogP contribution in [0.3, 0.4) is 0 Å². The van der Waals surface area contributed by atoms with Crippen LogP contribution in [0.25, 0.3) is 21.8 Å². The molecule has 0 bridgehead atoms. The molecule has 0 aliphatic carbocycles. The number of aliphatic hydroxyl groups excluding tert-OH is 1. The van der Waals surface area contributed by atoms with Gasteiger partial charge in [0, 0.05) is 63.5 Å². The summed E-state index contributed by atoms with van der Waals surface area (Å²) in [4.78, 5) is 43.0. The van der Waals surface area contributed by atoms with Crippen molar-refractivity contribution in [1.82, 2.24) is 4.57 Å². The first-order valence-corrected chi connectivity index (χ1v) is 15.6. The van der Waals surface area contributed by atoms with Gasteiger partial charge in [0.1, 0.15) is 6.10 Å². The van der Waals surface area contributed by atoms with Crippen molar-refractivity contribution in [3.05, 3.63) is 113 Å². The number of nitrogens with zero attached hydrogens (tertiary/aromatic N) is 2. The molecule has 1 atom stereocenters. The smallest absolute Gasteiger partial charge is 0.338 e. The van der Waals surface area contributed by atoms with E-state index in [9.17, 15) is 19.5 Å². The number of thioether (sulfide) groups is 1. The maximum Gasteiger partial charge on any atom is 0.338 e. The number of aryl methyl sites for hydroxylation is 2. The fourth-order valence-corrected chi connectivity index (χ4v) is 6.45. The molecule has 1 aromatic heterocycles. The van der Waals surface area contributed by atoms with Crippen LogP contribution in [0.4, 0.5) is 0 Å². The summed E-state index contributed by atoms with van der Waals surface area (Å²) in [6.07, 6.45) is -0.889. The highest BCUT2D eigenvalue weighted by Crippen LogP contribution is 2.34. The van der Waals surface area contributed by atoms with Crippen molar-refractivity contribution < 1.29 is 29.1 Å². The van der Waals surface area contributed by atoms with Crippen LogP contribution < -0.4 is 0 Å². The van der Waals surface area contributed by atoms with Gasteiger partial charge in [-0.05, 0) is 67.4 Å². The molecule has 1 unspecified atom stereocenters. The van der Waals surface area contributed by atoms with E-state index in [2.05, 4.69) is 16.6 Å². The minimum absolute atomic E-state index is 0.0503. The van der Waals surface area contributed by atoms with Crippen LogP contribution in [-0.2, 0) is 20.9 Å². The van der Waals surface area contributed by atoms with Crippen LogP contribution in [0.1, 0.15) is 63.8 Å². The molecule has 230 valence electrons. The van der Waals surface area contributed by atoms with Gasteiger partial charge in [-0.15, -0.1) is 11.8 Å². The molecule has 0 fully saturated rings. The second kappa shape index (κ2) is 13.9. The summed E-state index contributed by atoms with van der Waals surface area (Å²) < 4.78 is 7.07. The van der Waals surface area contributed by atoms with E-state index in [0.717, 1.165) is 38.8 Å². The Bertz CT molecular complexity index is 1940. The van der Waals surface area contributed by atoms with E-state index in [0.29, 0.717) is 28.0 Å². The van der Waals surface area contributed by atoms with E-state index in [-0.39, 0.29) is 17.9 Å². The van der Waals surface area contributed by atoms with E-state index in [1.807, 2.05) is 79.7 Å². The van der Waals surface area contributed by atoms with Gasteiger partial charge in [0.05, 0.1) is 18.4 Å². The molecule has 0 spiro atoms. The van der Waals surface area contributed by atoms with Gasteiger partial charge in [0.2, 0.25) is 0 Å². The Kier molecular flexibility index (Phi) is 9.80. The molecule has 0 saturated heterocycles. The molecule has 9 heteroatoms. The molecule has 0 radical (unpaired) electrons. The maximum atomic E-state index is 13.5. The summed E-state index contributed by atoms with van der Waals surface area (Å²) in [6, 6.07) is 26.1. The van der Waals surface area contributed by atoms with Gasteiger partial charge in [0.25, 0.3) is 0 Å². The summed E-state index contributed by atoms with van der Waals surface area (Å²) in [5.74, 6) is -0.635. The summed E-state index contributed by atoms with van der Waals surface area (Å²) >= 11 is 1.41.